The summed E-state index contributed by atoms with van der Waals surface area (Å²) in [5, 5.41) is 5.55. The Labute approximate surface area is 167 Å². The van der Waals surface area contributed by atoms with Crippen LogP contribution in [0.5, 0.6) is 5.75 Å². The second-order valence-corrected chi connectivity index (χ2v) is 6.95. The van der Waals surface area contributed by atoms with Crippen molar-refractivity contribution in [3.8, 4) is 5.75 Å². The van der Waals surface area contributed by atoms with Crippen LogP contribution in [-0.2, 0) is 16.0 Å². The van der Waals surface area contributed by atoms with Crippen molar-refractivity contribution in [3.63, 3.8) is 0 Å². The van der Waals surface area contributed by atoms with E-state index >= 15 is 0 Å². The van der Waals surface area contributed by atoms with Gasteiger partial charge in [0.2, 0.25) is 11.8 Å². The predicted octanol–water partition coefficient (Wildman–Crippen LogP) is 2.08. The second kappa shape index (κ2) is 10.6. The van der Waals surface area contributed by atoms with E-state index in [0.29, 0.717) is 12.4 Å². The summed E-state index contributed by atoms with van der Waals surface area (Å²) in [6.45, 7) is 0.779. The summed E-state index contributed by atoms with van der Waals surface area (Å²) in [6, 6.07) is 11.2. The highest BCUT2D eigenvalue weighted by Crippen LogP contribution is 2.11. The number of pyridine rings is 1. The van der Waals surface area contributed by atoms with E-state index in [1.165, 1.54) is 0 Å². The van der Waals surface area contributed by atoms with E-state index < -0.39 is 0 Å². The molecule has 1 heterocycles. The highest BCUT2D eigenvalue weighted by atomic mass is 79.9. The van der Waals surface area contributed by atoms with Gasteiger partial charge in [-0.05, 0) is 59.2 Å². The summed E-state index contributed by atoms with van der Waals surface area (Å²) in [5.41, 5.74) is 1.12. The molecular formula is C19H23BrN4O3. The van der Waals surface area contributed by atoms with E-state index in [2.05, 4.69) is 31.5 Å². The normalized spacial score (nSPS) is 10.5. The number of amides is 2. The molecule has 0 fully saturated rings. The van der Waals surface area contributed by atoms with Crippen LogP contribution in [0.2, 0.25) is 0 Å². The maximum absolute atomic E-state index is 12.0. The van der Waals surface area contributed by atoms with Crippen LogP contribution in [0.1, 0.15) is 5.56 Å². The van der Waals surface area contributed by atoms with Crippen LogP contribution in [0.15, 0.2) is 47.1 Å². The lowest BCUT2D eigenvalue weighted by Gasteiger charge is -2.16. The fourth-order valence-corrected chi connectivity index (χ4v) is 2.61. The lowest BCUT2D eigenvalue weighted by Crippen LogP contribution is -2.39. The van der Waals surface area contributed by atoms with Gasteiger partial charge in [-0.3, -0.25) is 14.5 Å². The third kappa shape index (κ3) is 7.76. The molecule has 2 amide bonds. The van der Waals surface area contributed by atoms with Gasteiger partial charge >= 0.3 is 0 Å². The fourth-order valence-electron chi connectivity index (χ4n) is 2.37. The molecule has 1 aromatic carbocycles. The monoisotopic (exact) mass is 434 g/mol. The fraction of sp³-hybridized carbons (Fsp3) is 0.316. The Kier molecular flexibility index (Phi) is 8.22. The zero-order valence-corrected chi connectivity index (χ0v) is 17.0. The van der Waals surface area contributed by atoms with Gasteiger partial charge in [0, 0.05) is 17.2 Å². The molecule has 2 rings (SSSR count). The van der Waals surface area contributed by atoms with Gasteiger partial charge in [-0.15, -0.1) is 0 Å². The van der Waals surface area contributed by atoms with Crippen molar-refractivity contribution < 1.29 is 14.3 Å². The molecule has 2 N–H and O–H groups in total. The third-order valence-electron chi connectivity index (χ3n) is 3.72. The summed E-state index contributed by atoms with van der Waals surface area (Å²) in [5.74, 6) is 0.931. The first-order valence-corrected chi connectivity index (χ1v) is 9.25. The van der Waals surface area contributed by atoms with E-state index in [1.54, 1.807) is 37.4 Å². The first-order valence-electron chi connectivity index (χ1n) is 8.46. The smallest absolute Gasteiger partial charge is 0.239 e. The second-order valence-electron chi connectivity index (χ2n) is 6.03. The average Bonchev–Trinajstić information content (AvgIpc) is 2.64. The number of nitrogens with zero attached hydrogens (tertiary/aromatic N) is 2. The number of anilines is 1. The Bertz CT molecular complexity index is 751. The molecule has 0 aliphatic heterocycles. The molecule has 2 aromatic rings. The molecule has 0 spiro atoms. The molecule has 0 aliphatic carbocycles. The Morgan fingerprint density at radius 3 is 2.44 bits per heavy atom. The molecule has 0 bridgehead atoms. The number of rotatable bonds is 9. The molecule has 7 nitrogen and oxygen atoms in total. The zero-order chi connectivity index (χ0) is 19.6. The highest BCUT2D eigenvalue weighted by molar-refractivity contribution is 9.10. The first-order chi connectivity index (χ1) is 13.0. The zero-order valence-electron chi connectivity index (χ0n) is 15.4. The van der Waals surface area contributed by atoms with Crippen LogP contribution in [0.4, 0.5) is 5.82 Å². The number of halogens is 1. The van der Waals surface area contributed by atoms with Gasteiger partial charge in [0.1, 0.15) is 11.6 Å². The van der Waals surface area contributed by atoms with Crippen LogP contribution >= 0.6 is 15.9 Å². The number of carbonyl (C=O) groups excluding carboxylic acids is 2. The number of hydrogen-bond donors (Lipinski definition) is 2. The summed E-state index contributed by atoms with van der Waals surface area (Å²) < 4.78 is 5.95. The third-order valence-corrected chi connectivity index (χ3v) is 4.19. The van der Waals surface area contributed by atoms with Crippen LogP contribution < -0.4 is 15.4 Å². The number of carbonyl (C=O) groups is 2. The number of likely N-dealkylation sites (N-methyl/N-ethyl adjacent to an activating group) is 1. The molecule has 27 heavy (non-hydrogen) atoms. The van der Waals surface area contributed by atoms with Gasteiger partial charge in [-0.1, -0.05) is 12.1 Å². The number of benzene rings is 1. The van der Waals surface area contributed by atoms with Crippen molar-refractivity contribution in [3.05, 3.63) is 52.6 Å². The Morgan fingerprint density at radius 2 is 1.81 bits per heavy atom. The van der Waals surface area contributed by atoms with Gasteiger partial charge in [0.15, 0.2) is 0 Å². The summed E-state index contributed by atoms with van der Waals surface area (Å²) in [6.07, 6.45) is 2.34. The summed E-state index contributed by atoms with van der Waals surface area (Å²) in [7, 11) is 3.35. The molecule has 144 valence electrons. The lowest BCUT2D eigenvalue weighted by molar-refractivity contribution is -0.122. The van der Waals surface area contributed by atoms with Crippen LogP contribution in [0, 0.1) is 0 Å². The van der Waals surface area contributed by atoms with Gasteiger partial charge in [-0.25, -0.2) is 4.98 Å². The topological polar surface area (TPSA) is 83.6 Å². The van der Waals surface area contributed by atoms with Crippen molar-refractivity contribution in [1.82, 2.24) is 15.2 Å². The molecule has 1 aromatic heterocycles. The van der Waals surface area contributed by atoms with Crippen molar-refractivity contribution >= 4 is 33.6 Å². The lowest BCUT2D eigenvalue weighted by atomic mass is 10.1. The highest BCUT2D eigenvalue weighted by Gasteiger charge is 2.11. The number of methoxy groups -OCH3 is 1. The van der Waals surface area contributed by atoms with E-state index in [-0.39, 0.29) is 24.9 Å². The van der Waals surface area contributed by atoms with Crippen molar-refractivity contribution in [2.45, 2.75) is 6.42 Å². The van der Waals surface area contributed by atoms with Crippen molar-refractivity contribution in [1.29, 1.82) is 0 Å². The van der Waals surface area contributed by atoms with E-state index in [0.717, 1.165) is 22.2 Å². The quantitative estimate of drug-likeness (QED) is 0.630. The van der Waals surface area contributed by atoms with Crippen LogP contribution in [0.25, 0.3) is 0 Å². The molecule has 0 atom stereocenters. The molecular weight excluding hydrogens is 412 g/mol. The minimum Gasteiger partial charge on any atom is -0.497 e. The SMILES string of the molecule is COc1ccc(CCNC(=O)CN(C)CC(=O)Nc2ccc(Br)cn2)cc1. The Hall–Kier alpha value is -2.45. The van der Waals surface area contributed by atoms with Gasteiger partial charge in [0.25, 0.3) is 0 Å². The standard InChI is InChI=1S/C19H23BrN4O3/c1-24(13-19(26)23-17-8-5-15(20)11-22-17)12-18(25)21-10-9-14-3-6-16(27-2)7-4-14/h3-8,11H,9-10,12-13H2,1-2H3,(H,21,25)(H,22,23,26). The van der Waals surface area contributed by atoms with E-state index in [1.807, 2.05) is 24.3 Å². The van der Waals surface area contributed by atoms with E-state index in [4.69, 9.17) is 4.74 Å². The molecule has 0 saturated heterocycles. The van der Waals surface area contributed by atoms with E-state index in [9.17, 15) is 9.59 Å². The predicted molar refractivity (Wildman–Crippen MR) is 108 cm³/mol. The molecule has 0 saturated carbocycles. The Balaban J connectivity index is 1.66. The van der Waals surface area contributed by atoms with Crippen LogP contribution in [-0.4, -0.2) is 55.5 Å². The van der Waals surface area contributed by atoms with Crippen molar-refractivity contribution in [2.24, 2.45) is 0 Å². The first kappa shape index (κ1) is 20.9. The number of ether oxygens (including phenoxy) is 1. The number of aromatic nitrogens is 1. The largest absolute Gasteiger partial charge is 0.497 e. The van der Waals surface area contributed by atoms with Gasteiger partial charge in [-0.2, -0.15) is 0 Å². The van der Waals surface area contributed by atoms with Crippen molar-refractivity contribution in [2.75, 3.05) is 39.1 Å². The number of nitrogens with one attached hydrogen (secondary N) is 2. The molecule has 8 heteroatoms. The minimum absolute atomic E-state index is 0.101. The van der Waals surface area contributed by atoms with Crippen LogP contribution in [0.3, 0.4) is 0 Å². The maximum atomic E-state index is 12.0. The average molecular weight is 435 g/mol. The molecule has 0 aliphatic rings. The summed E-state index contributed by atoms with van der Waals surface area (Å²) in [4.78, 5) is 29.7. The summed E-state index contributed by atoms with van der Waals surface area (Å²) >= 11 is 3.29. The maximum Gasteiger partial charge on any atom is 0.239 e. The number of hydrogen-bond acceptors (Lipinski definition) is 5. The minimum atomic E-state index is -0.224. The molecule has 0 unspecified atom stereocenters. The van der Waals surface area contributed by atoms with Gasteiger partial charge in [0.05, 0.1) is 20.2 Å². The Morgan fingerprint density at radius 1 is 1.11 bits per heavy atom. The molecule has 0 radical (unpaired) electrons. The van der Waals surface area contributed by atoms with Gasteiger partial charge < -0.3 is 15.4 Å².